The van der Waals surface area contributed by atoms with Crippen molar-refractivity contribution in [2.75, 3.05) is 116 Å². The van der Waals surface area contributed by atoms with Gasteiger partial charge in [-0.25, -0.2) is 9.97 Å². The minimum Gasteiger partial charge on any atom is -0.382 e. The Hall–Kier alpha value is -5.54. The van der Waals surface area contributed by atoms with Crippen LogP contribution >= 0.6 is 11.6 Å². The largest absolute Gasteiger partial charge is 0.382 e. The fourth-order valence-electron chi connectivity index (χ4n) is 8.53. The molecular formula is C49H60ClN9O9. The predicted molar refractivity (Wildman–Crippen MR) is 256 cm³/mol. The van der Waals surface area contributed by atoms with Crippen molar-refractivity contribution < 1.29 is 43.2 Å². The Morgan fingerprint density at radius 1 is 0.750 bits per heavy atom. The van der Waals surface area contributed by atoms with Gasteiger partial charge in [0.1, 0.15) is 23.8 Å². The summed E-state index contributed by atoms with van der Waals surface area (Å²) in [5.41, 5.74) is 6.45. The minimum absolute atomic E-state index is 0.108. The second kappa shape index (κ2) is 24.7. The smallest absolute Gasteiger partial charge is 0.259 e. The van der Waals surface area contributed by atoms with Crippen molar-refractivity contribution >= 4 is 51.9 Å². The number of benzene rings is 3. The summed E-state index contributed by atoms with van der Waals surface area (Å²) in [6.07, 6.45) is 0.572. The number of ether oxygens (including phenoxy) is 5. The lowest BCUT2D eigenvalue weighted by molar-refractivity contribution is -0.139. The number of hydrogen-bond acceptors (Lipinski definition) is 15. The maximum absolute atomic E-state index is 13.3. The number of aromatic amines is 1. The summed E-state index contributed by atoms with van der Waals surface area (Å²) in [5, 5.41) is 21.4. The third-order valence-electron chi connectivity index (χ3n) is 12.2. The molecule has 0 spiro atoms. The first-order valence-electron chi connectivity index (χ1n) is 23.3. The average molecular weight is 955 g/mol. The van der Waals surface area contributed by atoms with Crippen LogP contribution in [0.25, 0.3) is 22.3 Å². The first kappa shape index (κ1) is 48.9. The number of aliphatic hydroxyl groups is 1. The molecule has 3 aliphatic rings. The molecule has 0 radical (unpaired) electrons. The maximum atomic E-state index is 13.3. The van der Waals surface area contributed by atoms with Crippen LogP contribution < -0.4 is 16.0 Å². The molecule has 2 fully saturated rings. The summed E-state index contributed by atoms with van der Waals surface area (Å²) in [6.45, 7) is 11.6. The van der Waals surface area contributed by atoms with Gasteiger partial charge in [0.15, 0.2) is 6.23 Å². The lowest BCUT2D eigenvalue weighted by Crippen LogP contribution is -2.53. The molecule has 0 saturated carbocycles. The van der Waals surface area contributed by atoms with E-state index in [1.54, 1.807) is 24.5 Å². The number of imide groups is 1. The van der Waals surface area contributed by atoms with Crippen LogP contribution in [0, 0.1) is 0 Å². The number of halogens is 1. The van der Waals surface area contributed by atoms with E-state index in [2.05, 4.69) is 71.0 Å². The van der Waals surface area contributed by atoms with Crippen LogP contribution in [0.15, 0.2) is 79.1 Å². The number of fused-ring (bicyclic) bond motifs is 2. The molecule has 3 aliphatic heterocycles. The lowest BCUT2D eigenvalue weighted by Gasteiger charge is -2.34. The highest BCUT2D eigenvalue weighted by molar-refractivity contribution is 6.31. The second-order valence-corrected chi connectivity index (χ2v) is 17.1. The average Bonchev–Trinajstić information content (AvgIpc) is 3.90. The number of nitrogens with one attached hydrogen (secondary N) is 4. The summed E-state index contributed by atoms with van der Waals surface area (Å²) in [4.78, 5) is 55.7. The molecule has 3 aromatic carbocycles. The highest BCUT2D eigenvalue weighted by Gasteiger charge is 2.45. The molecule has 19 heteroatoms. The van der Waals surface area contributed by atoms with E-state index in [0.717, 1.165) is 82.9 Å². The number of amides is 3. The molecular weight excluding hydrogens is 894 g/mol. The van der Waals surface area contributed by atoms with Crippen LogP contribution in [0.2, 0.25) is 5.02 Å². The zero-order chi connectivity index (χ0) is 47.1. The molecule has 18 nitrogen and oxygen atoms in total. The molecule has 5 heterocycles. The van der Waals surface area contributed by atoms with Gasteiger partial charge in [-0.3, -0.25) is 34.4 Å². The SMILES string of the molecule is O=C1CCC(N2C(=O)c3c(NCCOCCOCCOCCOCCOCCN4CCN(Cc5ccc(-c6cc7c(NCc8ccccc8Cl)ncnc7[nH]6)cc5)CC4)cccc3C2O)C(=O)N1. The Balaban J connectivity index is 0.601. The van der Waals surface area contributed by atoms with E-state index in [1.807, 2.05) is 24.3 Å². The van der Waals surface area contributed by atoms with E-state index in [0.29, 0.717) is 96.0 Å². The van der Waals surface area contributed by atoms with Crippen LogP contribution in [-0.4, -0.2) is 164 Å². The van der Waals surface area contributed by atoms with Crippen LogP contribution in [0.5, 0.6) is 0 Å². The van der Waals surface area contributed by atoms with Gasteiger partial charge in [-0.05, 0) is 41.3 Å². The fourth-order valence-corrected chi connectivity index (χ4v) is 8.73. The van der Waals surface area contributed by atoms with E-state index in [-0.39, 0.29) is 18.7 Å². The molecule has 2 unspecified atom stereocenters. The van der Waals surface area contributed by atoms with Gasteiger partial charge >= 0.3 is 0 Å². The van der Waals surface area contributed by atoms with Crippen molar-refractivity contribution in [2.24, 2.45) is 0 Å². The number of piperazine rings is 1. The van der Waals surface area contributed by atoms with Gasteiger partial charge in [-0.1, -0.05) is 66.2 Å². The number of carbonyl (C=O) groups excluding carboxylic acids is 3. The van der Waals surface area contributed by atoms with Gasteiger partial charge in [0.05, 0.1) is 77.0 Å². The molecule has 2 atom stereocenters. The molecule has 3 amide bonds. The Morgan fingerprint density at radius 3 is 2.13 bits per heavy atom. The topological polar surface area (TPSA) is 205 Å². The van der Waals surface area contributed by atoms with E-state index in [4.69, 9.17) is 35.3 Å². The van der Waals surface area contributed by atoms with E-state index >= 15 is 0 Å². The number of hydrogen-bond donors (Lipinski definition) is 5. The first-order valence-corrected chi connectivity index (χ1v) is 23.6. The zero-order valence-corrected chi connectivity index (χ0v) is 38.9. The maximum Gasteiger partial charge on any atom is 0.259 e. The normalized spacial score (nSPS) is 17.8. The number of nitrogens with zero attached hydrogens (tertiary/aromatic N) is 5. The van der Waals surface area contributed by atoms with Crippen molar-refractivity contribution in [3.8, 4) is 11.3 Å². The highest BCUT2D eigenvalue weighted by Crippen LogP contribution is 2.38. The van der Waals surface area contributed by atoms with Crippen molar-refractivity contribution in [1.82, 2.24) is 35.0 Å². The summed E-state index contributed by atoms with van der Waals surface area (Å²) >= 11 is 6.35. The highest BCUT2D eigenvalue weighted by atomic mass is 35.5. The third-order valence-corrected chi connectivity index (χ3v) is 12.6. The molecule has 8 rings (SSSR count). The fraction of sp³-hybridized carbons (Fsp3) is 0.449. The molecule has 68 heavy (non-hydrogen) atoms. The molecule has 2 saturated heterocycles. The predicted octanol–water partition coefficient (Wildman–Crippen LogP) is 4.46. The van der Waals surface area contributed by atoms with Gasteiger partial charge in [-0.2, -0.15) is 0 Å². The molecule has 5 aromatic rings. The number of aromatic nitrogens is 3. The van der Waals surface area contributed by atoms with Crippen LogP contribution in [-0.2, 0) is 46.4 Å². The Bertz CT molecular complexity index is 2450. The number of rotatable bonds is 26. The summed E-state index contributed by atoms with van der Waals surface area (Å²) in [5.74, 6) is -0.657. The Labute approximate surface area is 400 Å². The standard InChI is InChI=1S/C49H60ClN9O9/c50-39-6-2-1-4-36(39)31-52-45-38-30-41(55-46(38)54-33-53-45)35-10-8-34(9-11-35)32-58-17-15-57(16-18-58)19-21-65-23-25-67-27-29-68-28-26-66-24-22-64-20-14-51-40-7-3-5-37-44(40)49(63)59(48(37)62)42-12-13-43(60)56-47(42)61/h1-11,30,33,42,48,51,62H,12-29,31-32H2,(H,56,60,61)(H2,52,53,54,55). The number of carbonyl (C=O) groups is 3. The Kier molecular flexibility index (Phi) is 17.7. The van der Waals surface area contributed by atoms with Crippen LogP contribution in [0.4, 0.5) is 11.5 Å². The lowest BCUT2D eigenvalue weighted by atomic mass is 10.0. The van der Waals surface area contributed by atoms with Crippen molar-refractivity contribution in [3.63, 3.8) is 0 Å². The van der Waals surface area contributed by atoms with Gasteiger partial charge in [0.25, 0.3) is 5.91 Å². The van der Waals surface area contributed by atoms with Crippen LogP contribution in [0.1, 0.15) is 46.1 Å². The minimum atomic E-state index is -1.27. The van der Waals surface area contributed by atoms with Gasteiger partial charge in [0.2, 0.25) is 11.8 Å². The summed E-state index contributed by atoms with van der Waals surface area (Å²) in [6, 6.07) is 22.8. The van der Waals surface area contributed by atoms with Gasteiger partial charge in [0, 0.05) is 80.7 Å². The van der Waals surface area contributed by atoms with Crippen molar-refractivity contribution in [3.05, 3.63) is 106 Å². The number of anilines is 2. The molecule has 0 aliphatic carbocycles. The van der Waals surface area contributed by atoms with E-state index in [9.17, 15) is 19.5 Å². The summed E-state index contributed by atoms with van der Waals surface area (Å²) < 4.78 is 28.3. The van der Waals surface area contributed by atoms with Gasteiger partial charge < -0.3 is 44.4 Å². The van der Waals surface area contributed by atoms with Crippen LogP contribution in [0.3, 0.4) is 0 Å². The Morgan fingerprint density at radius 2 is 1.43 bits per heavy atom. The van der Waals surface area contributed by atoms with E-state index < -0.39 is 24.1 Å². The second-order valence-electron chi connectivity index (χ2n) is 16.7. The van der Waals surface area contributed by atoms with E-state index in [1.165, 1.54) is 5.56 Å². The van der Waals surface area contributed by atoms with Crippen molar-refractivity contribution in [2.45, 2.75) is 38.2 Å². The molecule has 362 valence electrons. The molecule has 2 aromatic heterocycles. The number of aliphatic hydroxyl groups excluding tert-OH is 1. The number of piperidine rings is 1. The monoisotopic (exact) mass is 953 g/mol. The first-order chi connectivity index (χ1) is 33.3. The molecule has 0 bridgehead atoms. The summed E-state index contributed by atoms with van der Waals surface area (Å²) in [7, 11) is 0. The third kappa shape index (κ3) is 13.0. The quantitative estimate of drug-likeness (QED) is 0.0384. The molecule has 5 N–H and O–H groups in total. The number of H-pyrrole nitrogens is 1. The van der Waals surface area contributed by atoms with Gasteiger partial charge in [-0.15, -0.1) is 0 Å². The zero-order valence-electron chi connectivity index (χ0n) is 38.1. The van der Waals surface area contributed by atoms with Crippen molar-refractivity contribution in [1.29, 1.82) is 0 Å².